The minimum Gasteiger partial charge on any atom is -0.399 e. The second kappa shape index (κ2) is 10.7. The summed E-state index contributed by atoms with van der Waals surface area (Å²) in [7, 11) is 0. The summed E-state index contributed by atoms with van der Waals surface area (Å²) in [6, 6.07) is 26.6. The van der Waals surface area contributed by atoms with Gasteiger partial charge in [0.2, 0.25) is 0 Å². The number of para-hydroxylation sites is 1. The standard InChI is InChI=1S/C26H26N4O/c1-2-3-7-20-10-14-23(15-11-20)29-26(31)21(18-27)19-30(24-8-5-4-6-9-24)25-16-12-22(28)13-17-25/h4-6,8-17,19H,2-3,7,28H2,1H3,(H,29,31)/b21-19-. The topological polar surface area (TPSA) is 82.2 Å². The van der Waals surface area contributed by atoms with E-state index in [1.165, 1.54) is 5.56 Å². The third-order valence-corrected chi connectivity index (χ3v) is 4.86. The molecule has 5 nitrogen and oxygen atoms in total. The molecule has 0 aliphatic heterocycles. The van der Waals surface area contributed by atoms with E-state index in [0.29, 0.717) is 11.4 Å². The second-order valence-electron chi connectivity index (χ2n) is 7.21. The molecule has 0 heterocycles. The van der Waals surface area contributed by atoms with Crippen LogP contribution < -0.4 is 16.0 Å². The molecule has 31 heavy (non-hydrogen) atoms. The fraction of sp³-hybridized carbons (Fsp3) is 0.154. The zero-order valence-electron chi connectivity index (χ0n) is 17.6. The van der Waals surface area contributed by atoms with Crippen LogP contribution in [0.15, 0.2) is 90.6 Å². The number of anilines is 4. The molecule has 3 aromatic carbocycles. The van der Waals surface area contributed by atoms with Crippen LogP contribution >= 0.6 is 0 Å². The summed E-state index contributed by atoms with van der Waals surface area (Å²) in [4.78, 5) is 14.6. The summed E-state index contributed by atoms with van der Waals surface area (Å²) in [5, 5.41) is 12.5. The van der Waals surface area contributed by atoms with Crippen LogP contribution in [0.25, 0.3) is 0 Å². The predicted octanol–water partition coefficient (Wildman–Crippen LogP) is 5.80. The Kier molecular flexibility index (Phi) is 7.45. The molecule has 1 amide bonds. The molecule has 0 saturated heterocycles. The molecule has 5 heteroatoms. The van der Waals surface area contributed by atoms with Gasteiger partial charge < -0.3 is 16.0 Å². The first-order valence-electron chi connectivity index (χ1n) is 10.3. The Morgan fingerprint density at radius 3 is 2.26 bits per heavy atom. The Hall–Kier alpha value is -4.04. The zero-order valence-corrected chi connectivity index (χ0v) is 17.6. The van der Waals surface area contributed by atoms with Gasteiger partial charge in [-0.2, -0.15) is 5.26 Å². The molecule has 0 atom stereocenters. The van der Waals surface area contributed by atoms with Crippen molar-refractivity contribution in [3.05, 3.63) is 96.2 Å². The predicted molar refractivity (Wildman–Crippen MR) is 127 cm³/mol. The monoisotopic (exact) mass is 410 g/mol. The molecule has 0 bridgehead atoms. The summed E-state index contributed by atoms with van der Waals surface area (Å²) in [6.45, 7) is 2.16. The van der Waals surface area contributed by atoms with Crippen molar-refractivity contribution in [1.82, 2.24) is 0 Å². The van der Waals surface area contributed by atoms with Crippen molar-refractivity contribution in [1.29, 1.82) is 5.26 Å². The third kappa shape index (κ3) is 5.97. The van der Waals surface area contributed by atoms with Gasteiger partial charge in [-0.1, -0.05) is 43.7 Å². The Bertz CT molecular complexity index is 1070. The molecular formula is C26H26N4O. The molecule has 156 valence electrons. The number of nitrogens with two attached hydrogens (primary N) is 1. The molecule has 3 N–H and O–H groups in total. The van der Waals surface area contributed by atoms with Crippen molar-refractivity contribution in [2.45, 2.75) is 26.2 Å². The number of aryl methyl sites for hydroxylation is 1. The van der Waals surface area contributed by atoms with Crippen molar-refractivity contribution < 1.29 is 4.79 Å². The highest BCUT2D eigenvalue weighted by molar-refractivity contribution is 6.07. The van der Waals surface area contributed by atoms with Gasteiger partial charge in [-0.05, 0) is 66.9 Å². The highest BCUT2D eigenvalue weighted by Gasteiger charge is 2.14. The van der Waals surface area contributed by atoms with Crippen LogP contribution in [0.4, 0.5) is 22.7 Å². The van der Waals surface area contributed by atoms with Crippen LogP contribution in [-0.4, -0.2) is 5.91 Å². The zero-order chi connectivity index (χ0) is 22.1. The lowest BCUT2D eigenvalue weighted by Gasteiger charge is -2.21. The summed E-state index contributed by atoms with van der Waals surface area (Å²) in [5.41, 5.74) is 9.96. The van der Waals surface area contributed by atoms with Crippen LogP contribution in [0.1, 0.15) is 25.3 Å². The van der Waals surface area contributed by atoms with E-state index >= 15 is 0 Å². The number of nitrogen functional groups attached to an aromatic ring is 1. The van der Waals surface area contributed by atoms with Crippen LogP contribution in [-0.2, 0) is 11.2 Å². The Morgan fingerprint density at radius 1 is 1.00 bits per heavy atom. The van der Waals surface area contributed by atoms with Crippen molar-refractivity contribution in [2.24, 2.45) is 0 Å². The minimum atomic E-state index is -0.458. The number of hydrogen-bond donors (Lipinski definition) is 2. The first-order valence-corrected chi connectivity index (χ1v) is 10.3. The van der Waals surface area contributed by atoms with Crippen molar-refractivity contribution in [2.75, 3.05) is 16.0 Å². The van der Waals surface area contributed by atoms with E-state index in [1.54, 1.807) is 23.2 Å². The molecule has 0 saturated carbocycles. The SMILES string of the molecule is CCCCc1ccc(NC(=O)/C(C#N)=C\N(c2ccccc2)c2ccc(N)cc2)cc1. The largest absolute Gasteiger partial charge is 0.399 e. The van der Waals surface area contributed by atoms with E-state index in [0.717, 1.165) is 30.6 Å². The third-order valence-electron chi connectivity index (χ3n) is 4.86. The highest BCUT2D eigenvalue weighted by Crippen LogP contribution is 2.27. The smallest absolute Gasteiger partial charge is 0.267 e. The van der Waals surface area contributed by atoms with Gasteiger partial charge in [-0.15, -0.1) is 0 Å². The van der Waals surface area contributed by atoms with Gasteiger partial charge in [0.15, 0.2) is 0 Å². The number of amides is 1. The van der Waals surface area contributed by atoms with Crippen molar-refractivity contribution in [3.63, 3.8) is 0 Å². The number of nitriles is 1. The van der Waals surface area contributed by atoms with E-state index in [-0.39, 0.29) is 5.57 Å². The van der Waals surface area contributed by atoms with Crippen LogP contribution in [0.5, 0.6) is 0 Å². The molecule has 0 radical (unpaired) electrons. The normalized spacial score (nSPS) is 10.9. The molecule has 3 aromatic rings. The number of carbonyl (C=O) groups excluding carboxylic acids is 1. The maximum Gasteiger partial charge on any atom is 0.267 e. The highest BCUT2D eigenvalue weighted by atomic mass is 16.1. The van der Waals surface area contributed by atoms with Crippen LogP contribution in [0.3, 0.4) is 0 Å². The lowest BCUT2D eigenvalue weighted by Crippen LogP contribution is -2.18. The van der Waals surface area contributed by atoms with Gasteiger partial charge >= 0.3 is 0 Å². The maximum atomic E-state index is 12.8. The average molecular weight is 411 g/mol. The number of nitrogens with one attached hydrogen (secondary N) is 1. The molecule has 3 rings (SSSR count). The number of carbonyl (C=O) groups is 1. The lowest BCUT2D eigenvalue weighted by molar-refractivity contribution is -0.112. The van der Waals surface area contributed by atoms with Gasteiger partial charge in [-0.25, -0.2) is 0 Å². The number of hydrogen-bond acceptors (Lipinski definition) is 4. The van der Waals surface area contributed by atoms with Crippen molar-refractivity contribution in [3.8, 4) is 6.07 Å². The van der Waals surface area contributed by atoms with Crippen molar-refractivity contribution >= 4 is 28.7 Å². The second-order valence-corrected chi connectivity index (χ2v) is 7.21. The first-order chi connectivity index (χ1) is 15.1. The molecule has 0 aliphatic carbocycles. The lowest BCUT2D eigenvalue weighted by atomic mass is 10.1. The number of rotatable bonds is 8. The van der Waals surface area contributed by atoms with Crippen LogP contribution in [0, 0.1) is 11.3 Å². The van der Waals surface area contributed by atoms with Gasteiger partial charge in [0.25, 0.3) is 5.91 Å². The van der Waals surface area contributed by atoms with E-state index in [4.69, 9.17) is 5.73 Å². The van der Waals surface area contributed by atoms with E-state index in [9.17, 15) is 10.1 Å². The van der Waals surface area contributed by atoms with Crippen LogP contribution in [0.2, 0.25) is 0 Å². The minimum absolute atomic E-state index is 0.00395. The van der Waals surface area contributed by atoms with Gasteiger partial charge in [0, 0.05) is 28.9 Å². The summed E-state index contributed by atoms with van der Waals surface area (Å²) < 4.78 is 0. The molecule has 0 fully saturated rings. The first kappa shape index (κ1) is 21.7. The van der Waals surface area contributed by atoms with Gasteiger partial charge in [-0.3, -0.25) is 4.79 Å². The number of nitrogens with zero attached hydrogens (tertiary/aromatic N) is 2. The molecular weight excluding hydrogens is 384 g/mol. The van der Waals surface area contributed by atoms with E-state index in [1.807, 2.05) is 72.8 Å². The summed E-state index contributed by atoms with van der Waals surface area (Å²) in [6.07, 6.45) is 4.84. The van der Waals surface area contributed by atoms with E-state index in [2.05, 4.69) is 12.2 Å². The Labute approximate surface area is 183 Å². The summed E-state index contributed by atoms with van der Waals surface area (Å²) in [5.74, 6) is -0.458. The molecule has 0 unspecified atom stereocenters. The molecule has 0 aliphatic rings. The fourth-order valence-corrected chi connectivity index (χ4v) is 3.12. The number of benzene rings is 3. The maximum absolute atomic E-state index is 12.8. The molecule has 0 aromatic heterocycles. The number of unbranched alkanes of at least 4 members (excludes halogenated alkanes) is 1. The average Bonchev–Trinajstić information content (AvgIpc) is 2.80. The Balaban J connectivity index is 1.85. The van der Waals surface area contributed by atoms with E-state index < -0.39 is 5.91 Å². The molecule has 0 spiro atoms. The van der Waals surface area contributed by atoms with Gasteiger partial charge in [0.1, 0.15) is 11.6 Å². The quantitative estimate of drug-likeness (QED) is 0.279. The van der Waals surface area contributed by atoms with Gasteiger partial charge in [0.05, 0.1) is 0 Å². The summed E-state index contributed by atoms with van der Waals surface area (Å²) >= 11 is 0. The Morgan fingerprint density at radius 2 is 1.65 bits per heavy atom. The fourth-order valence-electron chi connectivity index (χ4n) is 3.12.